The van der Waals surface area contributed by atoms with Crippen LogP contribution in [0, 0.1) is 0 Å². The molecule has 0 aliphatic carbocycles. The minimum Gasteiger partial charge on any atom is -0.479 e. The van der Waals surface area contributed by atoms with Crippen LogP contribution in [0.1, 0.15) is 20.8 Å². The molecule has 0 saturated heterocycles. The molecule has 0 aliphatic rings. The lowest BCUT2D eigenvalue weighted by molar-refractivity contribution is 0.0691. The molecule has 17 heavy (non-hydrogen) atoms. The van der Waals surface area contributed by atoms with Gasteiger partial charge in [0.1, 0.15) is 5.56 Å². The lowest BCUT2D eigenvalue weighted by atomic mass is 10.1. The number of ether oxygens (including phenoxy) is 1. The summed E-state index contributed by atoms with van der Waals surface area (Å²) in [5.41, 5.74) is 0.683. The van der Waals surface area contributed by atoms with E-state index in [1.165, 1.54) is 13.3 Å². The number of hydrogen-bond acceptors (Lipinski definition) is 5. The first-order valence-corrected chi connectivity index (χ1v) is 5.74. The number of carboxylic acid groups (broad SMARTS) is 1. The van der Waals surface area contributed by atoms with Gasteiger partial charge in [-0.3, -0.25) is 0 Å². The van der Waals surface area contributed by atoms with Crippen molar-refractivity contribution < 1.29 is 14.6 Å². The van der Waals surface area contributed by atoms with Crippen LogP contribution in [0.4, 0.5) is 0 Å². The van der Waals surface area contributed by atoms with Gasteiger partial charge in [-0.2, -0.15) is 5.10 Å². The number of rotatable bonds is 4. The number of aromatic nitrogens is 2. The SMILES string of the molecule is COc1nncc(Cc2cccs2)c1C(=O)O. The second-order valence-electron chi connectivity index (χ2n) is 3.32. The summed E-state index contributed by atoms with van der Waals surface area (Å²) >= 11 is 1.57. The van der Waals surface area contributed by atoms with Crippen molar-refractivity contribution in [3.63, 3.8) is 0 Å². The molecular weight excluding hydrogens is 240 g/mol. The predicted octanol–water partition coefficient (Wildman–Crippen LogP) is 1.84. The third-order valence-corrected chi connectivity index (χ3v) is 3.13. The largest absolute Gasteiger partial charge is 0.479 e. The van der Waals surface area contributed by atoms with E-state index in [4.69, 9.17) is 9.84 Å². The smallest absolute Gasteiger partial charge is 0.341 e. The Balaban J connectivity index is 2.42. The maximum Gasteiger partial charge on any atom is 0.341 e. The summed E-state index contributed by atoms with van der Waals surface area (Å²) in [6.45, 7) is 0. The first kappa shape index (κ1) is 11.5. The van der Waals surface area contributed by atoms with E-state index in [9.17, 15) is 4.79 Å². The van der Waals surface area contributed by atoms with Gasteiger partial charge in [0.2, 0.25) is 5.88 Å². The van der Waals surface area contributed by atoms with Crippen molar-refractivity contribution in [2.24, 2.45) is 0 Å². The summed E-state index contributed by atoms with van der Waals surface area (Å²) in [6, 6.07) is 3.87. The molecule has 88 valence electrons. The second-order valence-corrected chi connectivity index (χ2v) is 4.35. The molecule has 6 heteroatoms. The molecule has 0 bridgehead atoms. The van der Waals surface area contributed by atoms with Crippen LogP contribution >= 0.6 is 11.3 Å². The number of methoxy groups -OCH3 is 1. The number of nitrogens with zero attached hydrogens (tertiary/aromatic N) is 2. The Kier molecular flexibility index (Phi) is 3.34. The highest BCUT2D eigenvalue weighted by Crippen LogP contribution is 2.22. The van der Waals surface area contributed by atoms with E-state index in [-0.39, 0.29) is 11.4 Å². The number of carboxylic acids is 1. The number of thiophene rings is 1. The topological polar surface area (TPSA) is 72.3 Å². The highest BCUT2D eigenvalue weighted by molar-refractivity contribution is 7.09. The third kappa shape index (κ3) is 2.42. The second kappa shape index (κ2) is 4.92. The molecule has 0 unspecified atom stereocenters. The molecule has 0 atom stereocenters. The van der Waals surface area contributed by atoms with Crippen LogP contribution in [0.5, 0.6) is 5.88 Å². The van der Waals surface area contributed by atoms with E-state index in [2.05, 4.69) is 10.2 Å². The van der Waals surface area contributed by atoms with Gasteiger partial charge in [0.15, 0.2) is 0 Å². The van der Waals surface area contributed by atoms with Crippen LogP contribution in [-0.4, -0.2) is 28.4 Å². The van der Waals surface area contributed by atoms with Crippen molar-refractivity contribution in [2.45, 2.75) is 6.42 Å². The average molecular weight is 250 g/mol. The first-order valence-electron chi connectivity index (χ1n) is 4.86. The molecular formula is C11H10N2O3S. The van der Waals surface area contributed by atoms with Crippen molar-refractivity contribution in [3.8, 4) is 5.88 Å². The number of aromatic carboxylic acids is 1. The standard InChI is InChI=1S/C11H10N2O3S/c1-16-10-9(11(14)15)7(6-12-13-10)5-8-3-2-4-17-8/h2-4,6H,5H2,1H3,(H,14,15). The average Bonchev–Trinajstić information content (AvgIpc) is 2.81. The van der Waals surface area contributed by atoms with Gasteiger partial charge in [0, 0.05) is 11.3 Å². The molecule has 2 aromatic rings. The summed E-state index contributed by atoms with van der Waals surface area (Å²) in [4.78, 5) is 12.3. The van der Waals surface area contributed by atoms with Crippen molar-refractivity contribution in [1.29, 1.82) is 0 Å². The summed E-state index contributed by atoms with van der Waals surface area (Å²) in [5, 5.41) is 18.5. The zero-order valence-corrected chi connectivity index (χ0v) is 9.90. The summed E-state index contributed by atoms with van der Waals surface area (Å²) < 4.78 is 4.92. The predicted molar refractivity (Wildman–Crippen MR) is 62.7 cm³/mol. The lowest BCUT2D eigenvalue weighted by Gasteiger charge is -2.07. The Morgan fingerprint density at radius 2 is 2.41 bits per heavy atom. The zero-order chi connectivity index (χ0) is 12.3. The van der Waals surface area contributed by atoms with E-state index in [0.29, 0.717) is 12.0 Å². The van der Waals surface area contributed by atoms with Gasteiger partial charge in [-0.15, -0.1) is 16.4 Å². The number of carbonyl (C=O) groups is 1. The van der Waals surface area contributed by atoms with E-state index < -0.39 is 5.97 Å². The van der Waals surface area contributed by atoms with Crippen LogP contribution < -0.4 is 4.74 Å². The molecule has 0 saturated carbocycles. The van der Waals surface area contributed by atoms with Crippen LogP contribution in [0.3, 0.4) is 0 Å². The fraction of sp³-hybridized carbons (Fsp3) is 0.182. The van der Waals surface area contributed by atoms with Crippen LogP contribution in [0.15, 0.2) is 23.7 Å². The minimum atomic E-state index is -1.05. The van der Waals surface area contributed by atoms with Gasteiger partial charge < -0.3 is 9.84 Å². The van der Waals surface area contributed by atoms with Gasteiger partial charge in [-0.05, 0) is 17.0 Å². The van der Waals surface area contributed by atoms with E-state index in [0.717, 1.165) is 4.88 Å². The highest BCUT2D eigenvalue weighted by Gasteiger charge is 2.18. The monoisotopic (exact) mass is 250 g/mol. The Bertz CT molecular complexity index is 526. The van der Waals surface area contributed by atoms with E-state index in [1.54, 1.807) is 11.3 Å². The first-order chi connectivity index (χ1) is 8.22. The van der Waals surface area contributed by atoms with E-state index in [1.807, 2.05) is 17.5 Å². The molecule has 5 nitrogen and oxygen atoms in total. The normalized spacial score (nSPS) is 10.2. The molecule has 2 aromatic heterocycles. The van der Waals surface area contributed by atoms with Gasteiger partial charge in [0.05, 0.1) is 13.3 Å². The van der Waals surface area contributed by atoms with Gasteiger partial charge in [0.25, 0.3) is 0 Å². The van der Waals surface area contributed by atoms with Gasteiger partial charge >= 0.3 is 5.97 Å². The molecule has 0 amide bonds. The Morgan fingerprint density at radius 1 is 1.59 bits per heavy atom. The Morgan fingerprint density at radius 3 is 3.00 bits per heavy atom. The van der Waals surface area contributed by atoms with Crippen molar-refractivity contribution in [3.05, 3.63) is 39.7 Å². The summed E-state index contributed by atoms with van der Waals surface area (Å²) in [5.74, 6) is -1.00. The highest BCUT2D eigenvalue weighted by atomic mass is 32.1. The van der Waals surface area contributed by atoms with Gasteiger partial charge in [-0.25, -0.2) is 4.79 Å². The zero-order valence-electron chi connectivity index (χ0n) is 9.08. The maximum absolute atomic E-state index is 11.2. The van der Waals surface area contributed by atoms with Crippen LogP contribution in [0.2, 0.25) is 0 Å². The molecule has 0 radical (unpaired) electrons. The van der Waals surface area contributed by atoms with Gasteiger partial charge in [-0.1, -0.05) is 6.07 Å². The van der Waals surface area contributed by atoms with Crippen LogP contribution in [0.25, 0.3) is 0 Å². The minimum absolute atomic E-state index is 0.0477. The third-order valence-electron chi connectivity index (χ3n) is 2.25. The Hall–Kier alpha value is -1.95. The fourth-order valence-electron chi connectivity index (χ4n) is 1.51. The van der Waals surface area contributed by atoms with Crippen molar-refractivity contribution in [1.82, 2.24) is 10.2 Å². The number of hydrogen-bond donors (Lipinski definition) is 1. The molecule has 2 rings (SSSR count). The van der Waals surface area contributed by atoms with E-state index >= 15 is 0 Å². The van der Waals surface area contributed by atoms with Crippen molar-refractivity contribution in [2.75, 3.05) is 7.11 Å². The Labute approximate surface area is 102 Å². The summed E-state index contributed by atoms with van der Waals surface area (Å²) in [6.07, 6.45) is 1.98. The maximum atomic E-state index is 11.2. The molecule has 2 heterocycles. The van der Waals surface area contributed by atoms with Crippen LogP contribution in [-0.2, 0) is 6.42 Å². The molecule has 0 aliphatic heterocycles. The lowest BCUT2D eigenvalue weighted by Crippen LogP contribution is -2.08. The molecule has 1 N–H and O–H groups in total. The fourth-order valence-corrected chi connectivity index (χ4v) is 2.24. The molecule has 0 aromatic carbocycles. The molecule has 0 spiro atoms. The molecule has 0 fully saturated rings. The quantitative estimate of drug-likeness (QED) is 0.896. The van der Waals surface area contributed by atoms with Crippen molar-refractivity contribution >= 4 is 17.3 Å². The summed E-state index contributed by atoms with van der Waals surface area (Å²) in [7, 11) is 1.38.